The first kappa shape index (κ1) is 21.0. The average molecular weight is 419 g/mol. The van der Waals surface area contributed by atoms with Crippen molar-refractivity contribution in [1.29, 1.82) is 0 Å². The van der Waals surface area contributed by atoms with Crippen molar-refractivity contribution in [2.45, 2.75) is 74.9 Å². The number of ether oxygens (including phenoxy) is 2. The summed E-state index contributed by atoms with van der Waals surface area (Å²) in [5, 5.41) is 25.5. The van der Waals surface area contributed by atoms with Gasteiger partial charge in [0.2, 0.25) is 0 Å². The first-order valence-corrected chi connectivity index (χ1v) is 10.3. The number of rotatable bonds is 5. The van der Waals surface area contributed by atoms with E-state index in [0.29, 0.717) is 11.2 Å². The Morgan fingerprint density at radius 2 is 2.07 bits per heavy atom. The Morgan fingerprint density at radius 1 is 1.33 bits per heavy atom. The molecule has 2 aliphatic rings. The van der Waals surface area contributed by atoms with Gasteiger partial charge in [-0.1, -0.05) is 19.3 Å². The third kappa shape index (κ3) is 3.64. The Bertz CT molecular complexity index is 927. The van der Waals surface area contributed by atoms with E-state index in [9.17, 15) is 15.0 Å². The molecule has 0 spiro atoms. The zero-order valence-corrected chi connectivity index (χ0v) is 17.0. The fourth-order valence-electron chi connectivity index (χ4n) is 4.60. The molecule has 0 aromatic carbocycles. The number of nitrogen functional groups attached to an aromatic ring is 1. The maximum atomic E-state index is 12.3. The fraction of sp³-hybridized carbons (Fsp3) is 0.650. The second-order valence-corrected chi connectivity index (χ2v) is 8.64. The van der Waals surface area contributed by atoms with Gasteiger partial charge in [0.15, 0.2) is 5.82 Å². The molecule has 0 radical (unpaired) electrons. The predicted molar refractivity (Wildman–Crippen MR) is 107 cm³/mol. The first-order valence-electron chi connectivity index (χ1n) is 10.3. The smallest absolute Gasteiger partial charge is 0.307 e. The average Bonchev–Trinajstić information content (AvgIpc) is 3.24. The molecule has 6 N–H and O–H groups in total. The molecule has 4 rings (SSSR count). The number of carbonyl (C=O) groups is 1. The lowest BCUT2D eigenvalue weighted by Gasteiger charge is -2.32. The molecule has 2 aromatic heterocycles. The molecule has 10 nitrogen and oxygen atoms in total. The van der Waals surface area contributed by atoms with Crippen molar-refractivity contribution in [2.24, 2.45) is 5.73 Å². The largest absolute Gasteiger partial charge is 0.463 e. The van der Waals surface area contributed by atoms with Gasteiger partial charge in [0.1, 0.15) is 42.4 Å². The molecule has 1 aliphatic carbocycles. The van der Waals surface area contributed by atoms with Gasteiger partial charge < -0.3 is 31.2 Å². The Hall–Kier alpha value is -2.27. The SMILES string of the molecule is C[C@@]1(c2ccc3c(N)ncnn23)O[C@H](COC(=O)CC2(N)CCCCC2)[C@@H](O)[C@H]1O. The molecule has 1 aliphatic heterocycles. The highest BCUT2D eigenvalue weighted by atomic mass is 16.6. The van der Waals surface area contributed by atoms with Gasteiger partial charge in [0.25, 0.3) is 0 Å². The third-order valence-corrected chi connectivity index (χ3v) is 6.41. The van der Waals surface area contributed by atoms with Crippen molar-refractivity contribution < 1.29 is 24.5 Å². The van der Waals surface area contributed by atoms with Gasteiger partial charge in [-0.3, -0.25) is 4.79 Å². The topological polar surface area (TPSA) is 158 Å². The minimum absolute atomic E-state index is 0.134. The van der Waals surface area contributed by atoms with E-state index in [1.807, 2.05) is 0 Å². The number of fused-ring (bicyclic) bond motifs is 1. The van der Waals surface area contributed by atoms with Crippen LogP contribution in [0.1, 0.15) is 51.1 Å². The number of hydrogen-bond donors (Lipinski definition) is 4. The molecule has 1 saturated heterocycles. The van der Waals surface area contributed by atoms with Crippen LogP contribution < -0.4 is 11.5 Å². The fourth-order valence-corrected chi connectivity index (χ4v) is 4.60. The number of aromatic nitrogens is 3. The Balaban J connectivity index is 1.45. The monoisotopic (exact) mass is 419 g/mol. The van der Waals surface area contributed by atoms with Crippen LogP contribution in [0.15, 0.2) is 18.5 Å². The van der Waals surface area contributed by atoms with Crippen LogP contribution >= 0.6 is 0 Å². The van der Waals surface area contributed by atoms with Gasteiger partial charge in [-0.25, -0.2) is 9.50 Å². The van der Waals surface area contributed by atoms with Gasteiger partial charge in [0, 0.05) is 5.54 Å². The van der Waals surface area contributed by atoms with E-state index in [0.717, 1.165) is 32.1 Å². The highest BCUT2D eigenvalue weighted by Gasteiger charge is 2.54. The van der Waals surface area contributed by atoms with Crippen LogP contribution in [0.5, 0.6) is 0 Å². The van der Waals surface area contributed by atoms with E-state index in [1.165, 1.54) is 10.8 Å². The summed E-state index contributed by atoms with van der Waals surface area (Å²) in [6, 6.07) is 3.43. The maximum absolute atomic E-state index is 12.3. The molecule has 0 unspecified atom stereocenters. The standard InChI is InChI=1S/C20H29N5O5/c1-19(14-6-5-12-18(21)23-11-24-25(12)14)17(28)16(27)13(30-19)10-29-15(26)9-20(22)7-3-2-4-8-20/h5-6,11,13,16-17,27-28H,2-4,7-10,22H2,1H3,(H2,21,23,24)/t13-,16-,17-,19+/m1/s1. The summed E-state index contributed by atoms with van der Waals surface area (Å²) in [6.07, 6.45) is 2.81. The molecule has 164 valence electrons. The van der Waals surface area contributed by atoms with Crippen LogP contribution in [-0.2, 0) is 19.9 Å². The Morgan fingerprint density at radius 3 is 2.80 bits per heavy atom. The second kappa shape index (κ2) is 7.77. The summed E-state index contributed by atoms with van der Waals surface area (Å²) >= 11 is 0. The van der Waals surface area contributed by atoms with Crippen LogP contribution in [0.3, 0.4) is 0 Å². The highest BCUT2D eigenvalue weighted by Crippen LogP contribution is 2.40. The summed E-state index contributed by atoms with van der Waals surface area (Å²) in [6.45, 7) is 1.48. The second-order valence-electron chi connectivity index (χ2n) is 8.64. The summed E-state index contributed by atoms with van der Waals surface area (Å²) in [5.41, 5.74) is 11.5. The summed E-state index contributed by atoms with van der Waals surface area (Å²) in [4.78, 5) is 16.3. The van der Waals surface area contributed by atoms with Crippen molar-refractivity contribution in [3.8, 4) is 0 Å². The van der Waals surface area contributed by atoms with Crippen LogP contribution in [0.2, 0.25) is 0 Å². The molecule has 30 heavy (non-hydrogen) atoms. The zero-order chi connectivity index (χ0) is 21.5. The molecule has 0 amide bonds. The molecular formula is C20H29N5O5. The number of aliphatic hydroxyl groups excluding tert-OH is 2. The van der Waals surface area contributed by atoms with Crippen molar-refractivity contribution in [1.82, 2.24) is 14.6 Å². The Kier molecular flexibility index (Phi) is 5.43. The lowest BCUT2D eigenvalue weighted by molar-refractivity contribution is -0.153. The van der Waals surface area contributed by atoms with E-state index < -0.39 is 35.4 Å². The summed E-state index contributed by atoms with van der Waals surface area (Å²) < 4.78 is 12.9. The van der Waals surface area contributed by atoms with Crippen LogP contribution in [-0.4, -0.2) is 61.2 Å². The van der Waals surface area contributed by atoms with Gasteiger partial charge in [-0.2, -0.15) is 5.10 Å². The first-order chi connectivity index (χ1) is 14.2. The van der Waals surface area contributed by atoms with E-state index in [2.05, 4.69) is 10.1 Å². The van der Waals surface area contributed by atoms with Crippen molar-refractivity contribution >= 4 is 17.3 Å². The number of aliphatic hydroxyl groups is 2. The van der Waals surface area contributed by atoms with Crippen LogP contribution in [0.25, 0.3) is 5.52 Å². The molecule has 10 heteroatoms. The van der Waals surface area contributed by atoms with E-state index >= 15 is 0 Å². The van der Waals surface area contributed by atoms with Gasteiger partial charge >= 0.3 is 5.97 Å². The van der Waals surface area contributed by atoms with E-state index in [1.54, 1.807) is 19.1 Å². The molecule has 2 aromatic rings. The zero-order valence-electron chi connectivity index (χ0n) is 17.0. The normalized spacial score (nSPS) is 31.1. The van der Waals surface area contributed by atoms with Crippen molar-refractivity contribution in [2.75, 3.05) is 12.3 Å². The van der Waals surface area contributed by atoms with E-state index in [-0.39, 0.29) is 18.8 Å². The minimum Gasteiger partial charge on any atom is -0.463 e. The van der Waals surface area contributed by atoms with Gasteiger partial charge in [0.05, 0.1) is 12.1 Å². The molecular weight excluding hydrogens is 390 g/mol. The lowest BCUT2D eigenvalue weighted by atomic mass is 9.80. The third-order valence-electron chi connectivity index (χ3n) is 6.41. The molecule has 4 atom stereocenters. The minimum atomic E-state index is -1.28. The summed E-state index contributed by atoms with van der Waals surface area (Å²) in [5.74, 6) is -0.135. The van der Waals surface area contributed by atoms with Crippen LogP contribution in [0, 0.1) is 0 Å². The lowest BCUT2D eigenvalue weighted by Crippen LogP contribution is -2.44. The number of nitrogens with zero attached hydrogens (tertiary/aromatic N) is 3. The van der Waals surface area contributed by atoms with Crippen molar-refractivity contribution in [3.63, 3.8) is 0 Å². The summed E-state index contributed by atoms with van der Waals surface area (Å²) in [7, 11) is 0. The number of esters is 1. The Labute approximate surface area is 174 Å². The van der Waals surface area contributed by atoms with Gasteiger partial charge in [-0.15, -0.1) is 0 Å². The number of carbonyl (C=O) groups excluding carboxylic acids is 1. The molecule has 1 saturated carbocycles. The van der Waals surface area contributed by atoms with Crippen LogP contribution in [0.4, 0.5) is 5.82 Å². The predicted octanol–water partition coefficient (Wildman–Crippen LogP) is 0.242. The molecule has 0 bridgehead atoms. The number of hydrogen-bond acceptors (Lipinski definition) is 9. The van der Waals surface area contributed by atoms with E-state index in [4.69, 9.17) is 20.9 Å². The highest BCUT2D eigenvalue weighted by molar-refractivity contribution is 5.71. The molecule has 2 fully saturated rings. The number of nitrogens with two attached hydrogens (primary N) is 2. The quantitative estimate of drug-likeness (QED) is 0.498. The molecule has 3 heterocycles. The maximum Gasteiger partial charge on any atom is 0.307 e. The van der Waals surface area contributed by atoms with Gasteiger partial charge in [-0.05, 0) is 31.9 Å². The van der Waals surface area contributed by atoms with Crippen molar-refractivity contribution in [3.05, 3.63) is 24.2 Å². The number of anilines is 1.